The van der Waals surface area contributed by atoms with Gasteiger partial charge in [0.25, 0.3) is 0 Å². The molecule has 2 aromatic carbocycles. The summed E-state index contributed by atoms with van der Waals surface area (Å²) in [4.78, 5) is 19.9. The fourth-order valence-corrected chi connectivity index (χ4v) is 4.31. The van der Waals surface area contributed by atoms with Crippen molar-refractivity contribution >= 4 is 22.9 Å². The van der Waals surface area contributed by atoms with Crippen molar-refractivity contribution in [2.75, 3.05) is 24.5 Å². The third-order valence-electron chi connectivity index (χ3n) is 6.27. The monoisotopic (exact) mass is 418 g/mol. The van der Waals surface area contributed by atoms with Gasteiger partial charge in [0, 0.05) is 25.6 Å². The van der Waals surface area contributed by atoms with Crippen molar-refractivity contribution in [3.8, 4) is 0 Å². The van der Waals surface area contributed by atoms with Crippen molar-refractivity contribution in [3.63, 3.8) is 0 Å². The van der Waals surface area contributed by atoms with Gasteiger partial charge >= 0.3 is 0 Å². The number of nitrogens with one attached hydrogen (secondary N) is 1. The molecule has 0 radical (unpaired) electrons. The summed E-state index contributed by atoms with van der Waals surface area (Å²) in [6.07, 6.45) is 2.79. The number of imidazole rings is 1. The average molecular weight is 419 g/mol. The minimum absolute atomic E-state index is 0.110. The highest BCUT2D eigenvalue weighted by molar-refractivity contribution is 5.80. The Morgan fingerprint density at radius 2 is 1.81 bits per heavy atom. The van der Waals surface area contributed by atoms with E-state index in [1.54, 1.807) is 0 Å². The topological polar surface area (TPSA) is 50.2 Å². The first-order valence-electron chi connectivity index (χ1n) is 11.5. The van der Waals surface area contributed by atoms with Gasteiger partial charge in [-0.1, -0.05) is 55.8 Å². The summed E-state index contributed by atoms with van der Waals surface area (Å²) in [5.41, 5.74) is 4.73. The lowest BCUT2D eigenvalue weighted by Crippen LogP contribution is -2.41. The van der Waals surface area contributed by atoms with Crippen LogP contribution in [0.5, 0.6) is 0 Å². The van der Waals surface area contributed by atoms with Crippen LogP contribution in [0.3, 0.4) is 0 Å². The first-order valence-corrected chi connectivity index (χ1v) is 11.5. The Balaban J connectivity index is 1.48. The fraction of sp³-hybridized carbons (Fsp3) is 0.462. The van der Waals surface area contributed by atoms with Crippen LogP contribution in [-0.2, 0) is 11.3 Å². The summed E-state index contributed by atoms with van der Waals surface area (Å²) in [6, 6.07) is 17.1. The predicted molar refractivity (Wildman–Crippen MR) is 127 cm³/mol. The number of benzene rings is 2. The highest BCUT2D eigenvalue weighted by Gasteiger charge is 2.27. The molecule has 3 aromatic rings. The van der Waals surface area contributed by atoms with Gasteiger partial charge in [-0.3, -0.25) is 4.79 Å². The molecule has 31 heavy (non-hydrogen) atoms. The second kappa shape index (κ2) is 9.54. The van der Waals surface area contributed by atoms with Crippen LogP contribution in [0, 0.1) is 18.8 Å². The van der Waals surface area contributed by atoms with Gasteiger partial charge in [-0.2, -0.15) is 0 Å². The van der Waals surface area contributed by atoms with Crippen LogP contribution in [0.15, 0.2) is 48.5 Å². The molecule has 0 unspecified atom stereocenters. The van der Waals surface area contributed by atoms with Crippen molar-refractivity contribution in [1.82, 2.24) is 14.9 Å². The molecular formula is C26H34N4O. The van der Waals surface area contributed by atoms with E-state index in [4.69, 9.17) is 4.98 Å². The molecule has 164 valence electrons. The Hall–Kier alpha value is -2.82. The van der Waals surface area contributed by atoms with Crippen molar-refractivity contribution in [2.24, 2.45) is 11.8 Å². The van der Waals surface area contributed by atoms with Crippen LogP contribution < -0.4 is 10.2 Å². The number of hydrogen-bond donors (Lipinski definition) is 1. The minimum Gasteiger partial charge on any atom is -0.356 e. The molecule has 0 spiro atoms. The maximum absolute atomic E-state index is 12.5. The number of anilines is 1. The zero-order valence-corrected chi connectivity index (χ0v) is 19.0. The molecule has 0 atom stereocenters. The molecule has 2 heterocycles. The standard InChI is InChI=1S/C26H34N4O/c1-19(2)12-15-27-25(31)22-13-16-29(17-14-22)26-28-23-6-4-5-7-24(23)30(26)18-21-10-8-20(3)9-11-21/h4-11,19,22H,12-18H2,1-3H3,(H,27,31). The molecule has 1 aromatic heterocycles. The number of carbonyl (C=O) groups excluding carboxylic acids is 1. The Labute approximate surface area is 185 Å². The van der Waals surface area contributed by atoms with E-state index in [2.05, 4.69) is 78.0 Å². The van der Waals surface area contributed by atoms with E-state index in [0.29, 0.717) is 5.92 Å². The number of aryl methyl sites for hydroxylation is 1. The molecule has 1 N–H and O–H groups in total. The van der Waals surface area contributed by atoms with E-state index < -0.39 is 0 Å². The third kappa shape index (κ3) is 5.09. The fourth-order valence-electron chi connectivity index (χ4n) is 4.31. The van der Waals surface area contributed by atoms with E-state index in [-0.39, 0.29) is 11.8 Å². The van der Waals surface area contributed by atoms with Crippen molar-refractivity contribution in [1.29, 1.82) is 0 Å². The number of nitrogens with zero attached hydrogens (tertiary/aromatic N) is 3. The van der Waals surface area contributed by atoms with Crippen LogP contribution in [0.4, 0.5) is 5.95 Å². The van der Waals surface area contributed by atoms with Gasteiger partial charge in [0.05, 0.1) is 17.6 Å². The highest BCUT2D eigenvalue weighted by Crippen LogP contribution is 2.28. The Bertz CT molecular complexity index is 1010. The molecule has 0 aliphatic carbocycles. The second-order valence-corrected chi connectivity index (χ2v) is 9.21. The Morgan fingerprint density at radius 3 is 2.52 bits per heavy atom. The molecule has 1 saturated heterocycles. The number of amides is 1. The number of fused-ring (bicyclic) bond motifs is 1. The van der Waals surface area contributed by atoms with Gasteiger partial charge in [-0.15, -0.1) is 0 Å². The van der Waals surface area contributed by atoms with Gasteiger partial charge in [-0.05, 0) is 49.8 Å². The molecule has 1 fully saturated rings. The van der Waals surface area contributed by atoms with Crippen molar-refractivity contribution in [2.45, 2.75) is 46.6 Å². The number of piperidine rings is 1. The molecule has 1 amide bonds. The van der Waals surface area contributed by atoms with Crippen molar-refractivity contribution in [3.05, 3.63) is 59.7 Å². The van der Waals surface area contributed by atoms with Crippen LogP contribution in [0.1, 0.15) is 44.2 Å². The molecule has 5 heteroatoms. The van der Waals surface area contributed by atoms with Crippen molar-refractivity contribution < 1.29 is 4.79 Å². The number of aromatic nitrogens is 2. The summed E-state index contributed by atoms with van der Waals surface area (Å²) in [6.45, 7) is 9.79. The number of rotatable bonds is 7. The van der Waals surface area contributed by atoms with Crippen LogP contribution in [0.25, 0.3) is 11.0 Å². The maximum atomic E-state index is 12.5. The normalized spacial score (nSPS) is 15.0. The third-order valence-corrected chi connectivity index (χ3v) is 6.27. The molecule has 0 saturated carbocycles. The van der Waals surface area contributed by atoms with E-state index in [1.807, 2.05) is 6.07 Å². The molecule has 0 bridgehead atoms. The average Bonchev–Trinajstić information content (AvgIpc) is 3.13. The zero-order chi connectivity index (χ0) is 21.8. The van der Waals surface area contributed by atoms with E-state index in [1.165, 1.54) is 11.1 Å². The lowest BCUT2D eigenvalue weighted by molar-refractivity contribution is -0.125. The number of para-hydroxylation sites is 2. The summed E-state index contributed by atoms with van der Waals surface area (Å²) >= 11 is 0. The summed E-state index contributed by atoms with van der Waals surface area (Å²) < 4.78 is 2.32. The lowest BCUT2D eigenvalue weighted by atomic mass is 9.96. The van der Waals surface area contributed by atoms with E-state index in [9.17, 15) is 4.79 Å². The first-order chi connectivity index (χ1) is 15.0. The van der Waals surface area contributed by atoms with E-state index in [0.717, 1.165) is 62.4 Å². The van der Waals surface area contributed by atoms with Gasteiger partial charge in [0.2, 0.25) is 11.9 Å². The maximum Gasteiger partial charge on any atom is 0.223 e. The molecule has 5 nitrogen and oxygen atoms in total. The summed E-state index contributed by atoms with van der Waals surface area (Å²) in [5, 5.41) is 3.13. The van der Waals surface area contributed by atoms with Crippen LogP contribution in [0.2, 0.25) is 0 Å². The van der Waals surface area contributed by atoms with Gasteiger partial charge in [-0.25, -0.2) is 4.98 Å². The van der Waals surface area contributed by atoms with Crippen LogP contribution >= 0.6 is 0 Å². The molecule has 1 aliphatic rings. The zero-order valence-electron chi connectivity index (χ0n) is 19.0. The lowest BCUT2D eigenvalue weighted by Gasteiger charge is -2.32. The number of carbonyl (C=O) groups is 1. The van der Waals surface area contributed by atoms with E-state index >= 15 is 0 Å². The Kier molecular flexibility index (Phi) is 6.59. The number of hydrogen-bond acceptors (Lipinski definition) is 3. The molecule has 1 aliphatic heterocycles. The van der Waals surface area contributed by atoms with Gasteiger partial charge < -0.3 is 14.8 Å². The van der Waals surface area contributed by atoms with Crippen LogP contribution in [-0.4, -0.2) is 35.1 Å². The smallest absolute Gasteiger partial charge is 0.223 e. The molecular weight excluding hydrogens is 384 g/mol. The molecule has 4 rings (SSSR count). The summed E-state index contributed by atoms with van der Waals surface area (Å²) in [5.74, 6) is 1.95. The van der Waals surface area contributed by atoms with Gasteiger partial charge in [0.1, 0.15) is 0 Å². The highest BCUT2D eigenvalue weighted by atomic mass is 16.1. The quantitative estimate of drug-likeness (QED) is 0.601. The first kappa shape index (κ1) is 21.4. The largest absolute Gasteiger partial charge is 0.356 e. The second-order valence-electron chi connectivity index (χ2n) is 9.21. The SMILES string of the molecule is Cc1ccc(Cn2c(N3CCC(C(=O)NCCC(C)C)CC3)nc3ccccc32)cc1. The van der Waals surface area contributed by atoms with Gasteiger partial charge in [0.15, 0.2) is 0 Å². The Morgan fingerprint density at radius 1 is 1.10 bits per heavy atom. The summed E-state index contributed by atoms with van der Waals surface area (Å²) in [7, 11) is 0. The minimum atomic E-state index is 0.110. The predicted octanol–water partition coefficient (Wildman–Crippen LogP) is 4.77.